The Hall–Kier alpha value is -1.74. The zero-order valence-electron chi connectivity index (χ0n) is 9.79. The lowest BCUT2D eigenvalue weighted by Gasteiger charge is -2.09. The molecule has 0 atom stereocenters. The van der Waals surface area contributed by atoms with Crippen LogP contribution in [-0.4, -0.2) is 6.54 Å². The Bertz CT molecular complexity index is 526. The largest absolute Gasteiger partial charge is 0.399 e. The second kappa shape index (κ2) is 5.74. The molecule has 94 valence electrons. The van der Waals surface area contributed by atoms with Gasteiger partial charge in [0.1, 0.15) is 5.82 Å². The smallest absolute Gasteiger partial charge is 0.123 e. The normalized spacial score (nSPS) is 10.3. The van der Waals surface area contributed by atoms with Crippen LogP contribution in [0.25, 0.3) is 0 Å². The van der Waals surface area contributed by atoms with E-state index in [0.29, 0.717) is 10.7 Å². The highest BCUT2D eigenvalue weighted by molar-refractivity contribution is 6.33. The molecule has 2 aromatic rings. The minimum absolute atomic E-state index is 0.215. The first kappa shape index (κ1) is 12.7. The number of halogens is 2. The molecule has 0 fully saturated rings. The molecule has 0 heterocycles. The van der Waals surface area contributed by atoms with Crippen LogP contribution in [0, 0.1) is 5.82 Å². The Morgan fingerprint density at radius 1 is 1.11 bits per heavy atom. The van der Waals surface area contributed by atoms with Crippen LogP contribution in [0.2, 0.25) is 5.02 Å². The van der Waals surface area contributed by atoms with E-state index in [1.54, 1.807) is 24.3 Å². The van der Waals surface area contributed by atoms with Crippen molar-refractivity contribution in [3.05, 3.63) is 58.9 Å². The molecule has 0 aliphatic rings. The molecule has 0 unspecified atom stereocenters. The van der Waals surface area contributed by atoms with Crippen molar-refractivity contribution in [2.24, 2.45) is 0 Å². The molecule has 0 radical (unpaired) electrons. The first-order valence-corrected chi connectivity index (χ1v) is 6.06. The van der Waals surface area contributed by atoms with Crippen molar-refractivity contribution in [2.75, 3.05) is 17.6 Å². The monoisotopic (exact) mass is 264 g/mol. The summed E-state index contributed by atoms with van der Waals surface area (Å²) in [5.41, 5.74) is 8.19. The van der Waals surface area contributed by atoms with E-state index in [4.69, 9.17) is 17.3 Å². The average Bonchev–Trinajstić information content (AvgIpc) is 2.34. The van der Waals surface area contributed by atoms with Crippen LogP contribution < -0.4 is 11.1 Å². The maximum absolute atomic E-state index is 12.7. The summed E-state index contributed by atoms with van der Waals surface area (Å²) >= 11 is 6.04. The molecule has 2 aromatic carbocycles. The third kappa shape index (κ3) is 3.37. The van der Waals surface area contributed by atoms with E-state index in [0.717, 1.165) is 24.2 Å². The van der Waals surface area contributed by atoms with Crippen LogP contribution in [0.4, 0.5) is 15.8 Å². The van der Waals surface area contributed by atoms with Gasteiger partial charge in [-0.25, -0.2) is 4.39 Å². The number of nitrogens with one attached hydrogen (secondary N) is 1. The first-order valence-electron chi connectivity index (χ1n) is 5.68. The van der Waals surface area contributed by atoms with Crippen molar-refractivity contribution in [3.8, 4) is 0 Å². The summed E-state index contributed by atoms with van der Waals surface area (Å²) in [5.74, 6) is -0.215. The van der Waals surface area contributed by atoms with Gasteiger partial charge in [-0.05, 0) is 42.3 Å². The number of nitrogen functional groups attached to an aromatic ring is 1. The quantitative estimate of drug-likeness (QED) is 0.826. The van der Waals surface area contributed by atoms with Gasteiger partial charge in [0.2, 0.25) is 0 Å². The van der Waals surface area contributed by atoms with Gasteiger partial charge >= 0.3 is 0 Å². The van der Waals surface area contributed by atoms with Crippen LogP contribution in [0.5, 0.6) is 0 Å². The Labute approximate surface area is 111 Å². The van der Waals surface area contributed by atoms with Gasteiger partial charge in [-0.2, -0.15) is 0 Å². The van der Waals surface area contributed by atoms with E-state index in [1.807, 2.05) is 6.07 Å². The van der Waals surface area contributed by atoms with Crippen LogP contribution in [0.3, 0.4) is 0 Å². The Morgan fingerprint density at radius 3 is 2.50 bits per heavy atom. The maximum Gasteiger partial charge on any atom is 0.123 e. The summed E-state index contributed by atoms with van der Waals surface area (Å²) in [5, 5.41) is 3.83. The van der Waals surface area contributed by atoms with E-state index >= 15 is 0 Å². The molecular formula is C14H14ClFN2. The Balaban J connectivity index is 1.90. The standard InChI is InChI=1S/C14H14ClFN2/c15-13-9-12(17)5-6-14(13)18-8-7-10-1-3-11(16)4-2-10/h1-6,9,18H,7-8,17H2. The summed E-state index contributed by atoms with van der Waals surface area (Å²) in [7, 11) is 0. The van der Waals surface area contributed by atoms with Crippen molar-refractivity contribution in [2.45, 2.75) is 6.42 Å². The van der Waals surface area contributed by atoms with E-state index in [-0.39, 0.29) is 5.82 Å². The zero-order chi connectivity index (χ0) is 13.0. The minimum atomic E-state index is -0.215. The van der Waals surface area contributed by atoms with Crippen molar-refractivity contribution >= 4 is 23.0 Å². The van der Waals surface area contributed by atoms with Gasteiger partial charge in [-0.15, -0.1) is 0 Å². The zero-order valence-corrected chi connectivity index (χ0v) is 10.5. The van der Waals surface area contributed by atoms with Gasteiger partial charge in [0, 0.05) is 12.2 Å². The van der Waals surface area contributed by atoms with Crippen LogP contribution in [-0.2, 0) is 6.42 Å². The summed E-state index contributed by atoms with van der Waals surface area (Å²) in [6.45, 7) is 0.731. The first-order chi connectivity index (χ1) is 8.65. The fraction of sp³-hybridized carbons (Fsp3) is 0.143. The molecule has 0 aromatic heterocycles. The molecule has 0 amide bonds. The second-order valence-electron chi connectivity index (χ2n) is 4.04. The molecular weight excluding hydrogens is 251 g/mol. The molecule has 0 saturated heterocycles. The number of anilines is 2. The molecule has 4 heteroatoms. The number of rotatable bonds is 4. The molecule has 0 spiro atoms. The number of hydrogen-bond acceptors (Lipinski definition) is 2. The summed E-state index contributed by atoms with van der Waals surface area (Å²) in [6.07, 6.45) is 0.807. The average molecular weight is 265 g/mol. The van der Waals surface area contributed by atoms with E-state index in [9.17, 15) is 4.39 Å². The highest BCUT2D eigenvalue weighted by Gasteiger charge is 2.00. The number of hydrogen-bond donors (Lipinski definition) is 2. The van der Waals surface area contributed by atoms with Gasteiger partial charge in [-0.1, -0.05) is 23.7 Å². The van der Waals surface area contributed by atoms with E-state index < -0.39 is 0 Å². The third-order valence-electron chi connectivity index (χ3n) is 2.64. The van der Waals surface area contributed by atoms with Gasteiger partial charge in [0.25, 0.3) is 0 Å². The minimum Gasteiger partial charge on any atom is -0.399 e. The predicted molar refractivity (Wildman–Crippen MR) is 74.5 cm³/mol. The SMILES string of the molecule is Nc1ccc(NCCc2ccc(F)cc2)c(Cl)c1. The molecule has 0 aliphatic carbocycles. The molecule has 3 N–H and O–H groups in total. The second-order valence-corrected chi connectivity index (χ2v) is 4.45. The lowest BCUT2D eigenvalue weighted by molar-refractivity contribution is 0.627. The Kier molecular flexibility index (Phi) is 4.05. The predicted octanol–water partition coefficient (Wildman–Crippen LogP) is 3.72. The van der Waals surface area contributed by atoms with Crippen molar-refractivity contribution in [1.29, 1.82) is 0 Å². The molecule has 0 bridgehead atoms. The molecule has 0 saturated carbocycles. The van der Waals surface area contributed by atoms with E-state index in [1.165, 1.54) is 12.1 Å². The van der Waals surface area contributed by atoms with Gasteiger partial charge in [-0.3, -0.25) is 0 Å². The summed E-state index contributed by atoms with van der Waals surface area (Å²) < 4.78 is 12.7. The van der Waals surface area contributed by atoms with Crippen molar-refractivity contribution in [1.82, 2.24) is 0 Å². The van der Waals surface area contributed by atoms with E-state index in [2.05, 4.69) is 5.32 Å². The van der Waals surface area contributed by atoms with Crippen molar-refractivity contribution in [3.63, 3.8) is 0 Å². The van der Waals surface area contributed by atoms with Crippen molar-refractivity contribution < 1.29 is 4.39 Å². The Morgan fingerprint density at radius 2 is 1.83 bits per heavy atom. The van der Waals surface area contributed by atoms with Crippen LogP contribution in [0.1, 0.15) is 5.56 Å². The van der Waals surface area contributed by atoms with Gasteiger partial charge < -0.3 is 11.1 Å². The van der Waals surface area contributed by atoms with Gasteiger partial charge in [0.05, 0.1) is 10.7 Å². The molecule has 2 rings (SSSR count). The molecule has 18 heavy (non-hydrogen) atoms. The van der Waals surface area contributed by atoms with Crippen LogP contribution >= 0.6 is 11.6 Å². The maximum atomic E-state index is 12.7. The lowest BCUT2D eigenvalue weighted by atomic mass is 10.1. The fourth-order valence-electron chi connectivity index (χ4n) is 1.67. The van der Waals surface area contributed by atoms with Crippen LogP contribution in [0.15, 0.2) is 42.5 Å². The molecule has 2 nitrogen and oxygen atoms in total. The summed E-state index contributed by atoms with van der Waals surface area (Å²) in [4.78, 5) is 0. The number of nitrogens with two attached hydrogens (primary N) is 1. The van der Waals surface area contributed by atoms with Gasteiger partial charge in [0.15, 0.2) is 0 Å². The lowest BCUT2D eigenvalue weighted by Crippen LogP contribution is -2.05. The summed E-state index contributed by atoms with van der Waals surface area (Å²) in [6, 6.07) is 11.8. The molecule has 0 aliphatic heterocycles. The number of benzene rings is 2. The highest BCUT2D eigenvalue weighted by atomic mass is 35.5. The topological polar surface area (TPSA) is 38.0 Å². The highest BCUT2D eigenvalue weighted by Crippen LogP contribution is 2.23. The fourth-order valence-corrected chi connectivity index (χ4v) is 1.92. The third-order valence-corrected chi connectivity index (χ3v) is 2.95.